The summed E-state index contributed by atoms with van der Waals surface area (Å²) in [5.74, 6) is 0.611. The largest absolute Gasteiger partial charge is 0.469 e. The van der Waals surface area contributed by atoms with Gasteiger partial charge in [0.2, 0.25) is 0 Å². The monoisotopic (exact) mass is 200 g/mol. The summed E-state index contributed by atoms with van der Waals surface area (Å²) in [7, 11) is 1.46. The van der Waals surface area contributed by atoms with E-state index in [1.165, 1.54) is 32.8 Å². The van der Waals surface area contributed by atoms with Gasteiger partial charge in [-0.15, -0.1) is 0 Å². The summed E-state index contributed by atoms with van der Waals surface area (Å²) in [4.78, 5) is 11.2. The van der Waals surface area contributed by atoms with Crippen LogP contribution in [0.4, 0.5) is 0 Å². The molecular formula is C12H24O2. The Kier molecular flexibility index (Phi) is 7.54. The number of ether oxygens (including phenoxy) is 1. The van der Waals surface area contributed by atoms with Crippen LogP contribution in [0, 0.1) is 11.8 Å². The average Bonchev–Trinajstić information content (AvgIpc) is 2.16. The first-order valence-electron chi connectivity index (χ1n) is 5.69. The van der Waals surface area contributed by atoms with Crippen LogP contribution in [0.3, 0.4) is 0 Å². The Morgan fingerprint density at radius 2 is 1.93 bits per heavy atom. The van der Waals surface area contributed by atoms with Gasteiger partial charge in [0.1, 0.15) is 0 Å². The number of esters is 1. The predicted molar refractivity (Wildman–Crippen MR) is 59.1 cm³/mol. The third-order valence-corrected chi connectivity index (χ3v) is 2.66. The van der Waals surface area contributed by atoms with E-state index in [2.05, 4.69) is 13.8 Å². The van der Waals surface area contributed by atoms with Crippen LogP contribution in [0.2, 0.25) is 0 Å². The van der Waals surface area contributed by atoms with Crippen LogP contribution in [0.1, 0.15) is 52.9 Å². The lowest BCUT2D eigenvalue weighted by Crippen LogP contribution is -2.15. The Hall–Kier alpha value is -0.530. The predicted octanol–water partition coefficient (Wildman–Crippen LogP) is 3.40. The number of carbonyl (C=O) groups is 1. The van der Waals surface area contributed by atoms with Gasteiger partial charge in [-0.3, -0.25) is 4.79 Å². The van der Waals surface area contributed by atoms with Crippen LogP contribution >= 0.6 is 0 Å². The summed E-state index contributed by atoms with van der Waals surface area (Å²) in [5, 5.41) is 0. The summed E-state index contributed by atoms with van der Waals surface area (Å²) in [6, 6.07) is 0. The molecule has 0 aliphatic heterocycles. The van der Waals surface area contributed by atoms with Crippen LogP contribution in [0.25, 0.3) is 0 Å². The molecular weight excluding hydrogens is 176 g/mol. The zero-order valence-electron chi connectivity index (χ0n) is 10.0. The molecule has 0 aromatic carbocycles. The molecule has 0 spiro atoms. The Morgan fingerprint density at radius 3 is 2.43 bits per heavy atom. The fourth-order valence-electron chi connectivity index (χ4n) is 1.76. The molecule has 0 radical (unpaired) electrons. The van der Waals surface area contributed by atoms with Crippen molar-refractivity contribution in [2.75, 3.05) is 7.11 Å². The first kappa shape index (κ1) is 13.5. The van der Waals surface area contributed by atoms with E-state index >= 15 is 0 Å². The molecule has 2 atom stereocenters. The second-order valence-electron chi connectivity index (χ2n) is 4.26. The van der Waals surface area contributed by atoms with Crippen LogP contribution in [-0.2, 0) is 9.53 Å². The fraction of sp³-hybridized carbons (Fsp3) is 0.917. The summed E-state index contributed by atoms with van der Waals surface area (Å²) < 4.78 is 4.70. The zero-order chi connectivity index (χ0) is 11.0. The highest BCUT2D eigenvalue weighted by molar-refractivity contribution is 5.71. The van der Waals surface area contributed by atoms with Crippen molar-refractivity contribution in [3.05, 3.63) is 0 Å². The van der Waals surface area contributed by atoms with Gasteiger partial charge >= 0.3 is 5.97 Å². The van der Waals surface area contributed by atoms with Gasteiger partial charge in [0, 0.05) is 0 Å². The normalized spacial score (nSPS) is 14.9. The lowest BCUT2D eigenvalue weighted by atomic mass is 9.93. The molecule has 2 unspecified atom stereocenters. The van der Waals surface area contributed by atoms with E-state index in [1.54, 1.807) is 0 Å². The highest BCUT2D eigenvalue weighted by Gasteiger charge is 2.16. The number of carbonyl (C=O) groups excluding carboxylic acids is 1. The Balaban J connectivity index is 3.59. The van der Waals surface area contributed by atoms with Crippen molar-refractivity contribution in [1.82, 2.24) is 0 Å². The van der Waals surface area contributed by atoms with E-state index < -0.39 is 0 Å². The maximum Gasteiger partial charge on any atom is 0.308 e. The Labute approximate surface area is 88.0 Å². The van der Waals surface area contributed by atoms with Crippen molar-refractivity contribution in [2.24, 2.45) is 11.8 Å². The molecule has 84 valence electrons. The van der Waals surface area contributed by atoms with Gasteiger partial charge in [0.25, 0.3) is 0 Å². The van der Waals surface area contributed by atoms with E-state index in [9.17, 15) is 4.79 Å². The molecule has 0 saturated carbocycles. The fourth-order valence-corrected chi connectivity index (χ4v) is 1.76. The highest BCUT2D eigenvalue weighted by atomic mass is 16.5. The minimum atomic E-state index is -0.0765. The minimum Gasteiger partial charge on any atom is -0.469 e. The Bertz CT molecular complexity index is 154. The van der Waals surface area contributed by atoms with E-state index in [4.69, 9.17) is 4.74 Å². The highest BCUT2D eigenvalue weighted by Crippen LogP contribution is 2.18. The third-order valence-electron chi connectivity index (χ3n) is 2.66. The lowest BCUT2D eigenvalue weighted by Gasteiger charge is -2.15. The molecule has 0 rings (SSSR count). The molecule has 0 fully saturated rings. The molecule has 14 heavy (non-hydrogen) atoms. The SMILES string of the molecule is CCCCCC(C)CC(C)C(=O)OC. The molecule has 0 saturated heterocycles. The maximum absolute atomic E-state index is 11.2. The van der Waals surface area contributed by atoms with Crippen LogP contribution in [0.5, 0.6) is 0 Å². The van der Waals surface area contributed by atoms with Gasteiger partial charge in [0.15, 0.2) is 0 Å². The zero-order valence-corrected chi connectivity index (χ0v) is 10.0. The van der Waals surface area contributed by atoms with Crippen LogP contribution < -0.4 is 0 Å². The van der Waals surface area contributed by atoms with E-state index in [0.29, 0.717) is 5.92 Å². The molecule has 0 amide bonds. The van der Waals surface area contributed by atoms with Crippen molar-refractivity contribution >= 4 is 5.97 Å². The van der Waals surface area contributed by atoms with Gasteiger partial charge in [-0.1, -0.05) is 46.5 Å². The minimum absolute atomic E-state index is 0.0524. The smallest absolute Gasteiger partial charge is 0.308 e. The second-order valence-corrected chi connectivity index (χ2v) is 4.26. The van der Waals surface area contributed by atoms with Crippen LogP contribution in [0.15, 0.2) is 0 Å². The standard InChI is InChI=1S/C12H24O2/c1-5-6-7-8-10(2)9-11(3)12(13)14-4/h10-11H,5-9H2,1-4H3. The van der Waals surface area contributed by atoms with Gasteiger partial charge < -0.3 is 4.74 Å². The van der Waals surface area contributed by atoms with Gasteiger partial charge in [-0.05, 0) is 12.3 Å². The molecule has 0 aromatic rings. The first-order valence-corrected chi connectivity index (χ1v) is 5.69. The van der Waals surface area contributed by atoms with E-state index in [0.717, 1.165) is 6.42 Å². The van der Waals surface area contributed by atoms with Crippen molar-refractivity contribution < 1.29 is 9.53 Å². The number of rotatable bonds is 7. The van der Waals surface area contributed by atoms with E-state index in [1.807, 2.05) is 6.92 Å². The quantitative estimate of drug-likeness (QED) is 0.465. The molecule has 0 heterocycles. The Morgan fingerprint density at radius 1 is 1.29 bits per heavy atom. The van der Waals surface area contributed by atoms with Crippen LogP contribution in [-0.4, -0.2) is 13.1 Å². The number of hydrogen-bond acceptors (Lipinski definition) is 2. The van der Waals surface area contributed by atoms with Crippen molar-refractivity contribution in [3.63, 3.8) is 0 Å². The maximum atomic E-state index is 11.2. The molecule has 2 heteroatoms. The molecule has 0 aliphatic carbocycles. The van der Waals surface area contributed by atoms with Crippen molar-refractivity contribution in [2.45, 2.75) is 52.9 Å². The molecule has 2 nitrogen and oxygen atoms in total. The van der Waals surface area contributed by atoms with Gasteiger partial charge in [-0.2, -0.15) is 0 Å². The third kappa shape index (κ3) is 6.01. The number of methoxy groups -OCH3 is 1. The topological polar surface area (TPSA) is 26.3 Å². The van der Waals surface area contributed by atoms with E-state index in [-0.39, 0.29) is 11.9 Å². The second kappa shape index (κ2) is 7.84. The first-order chi connectivity index (χ1) is 6.61. The summed E-state index contributed by atoms with van der Waals surface area (Å²) in [5.41, 5.74) is 0. The lowest BCUT2D eigenvalue weighted by molar-refractivity contribution is -0.145. The van der Waals surface area contributed by atoms with Gasteiger partial charge in [-0.25, -0.2) is 0 Å². The number of hydrogen-bond donors (Lipinski definition) is 0. The van der Waals surface area contributed by atoms with Gasteiger partial charge in [0.05, 0.1) is 13.0 Å². The summed E-state index contributed by atoms with van der Waals surface area (Å²) in [6.45, 7) is 6.37. The molecule has 0 aromatic heterocycles. The number of unbranched alkanes of at least 4 members (excludes halogenated alkanes) is 2. The summed E-state index contributed by atoms with van der Waals surface area (Å²) in [6.07, 6.45) is 6.04. The molecule has 0 bridgehead atoms. The van der Waals surface area contributed by atoms with Crippen molar-refractivity contribution in [3.8, 4) is 0 Å². The average molecular weight is 200 g/mol. The molecule has 0 N–H and O–H groups in total. The van der Waals surface area contributed by atoms with Crippen molar-refractivity contribution in [1.29, 1.82) is 0 Å². The molecule has 0 aliphatic rings. The summed E-state index contributed by atoms with van der Waals surface area (Å²) >= 11 is 0.